The van der Waals surface area contributed by atoms with Gasteiger partial charge in [0.2, 0.25) is 5.91 Å². The average molecular weight is 495 g/mol. The van der Waals surface area contributed by atoms with Crippen LogP contribution in [0.25, 0.3) is 33.5 Å². The summed E-state index contributed by atoms with van der Waals surface area (Å²) in [5.74, 6) is -2.11. The second kappa shape index (κ2) is 8.04. The lowest BCUT2D eigenvalue weighted by atomic mass is 9.99. The Hall–Kier alpha value is -4.48. The summed E-state index contributed by atoms with van der Waals surface area (Å²) in [4.78, 5) is 33.7. The number of carbonyl (C=O) groups is 2. The standard InChI is InChI=1S/C24H20F3N7O2/c1-11-6-7-15-13(10-30-34-15)16(11)18-17(28)19(20(29)35)33-21(32-18)12-4-2-3-5-14(12)31-22(36)23(8-9-23)24(25,26)27/h2-7,10H,8-9,28H2,1H3,(H2,29,35)(H,30,34)(H,31,36). The van der Waals surface area contributed by atoms with Gasteiger partial charge in [0.15, 0.2) is 11.5 Å². The highest BCUT2D eigenvalue weighted by atomic mass is 19.4. The molecule has 0 atom stereocenters. The van der Waals surface area contributed by atoms with Gasteiger partial charge in [-0.1, -0.05) is 18.2 Å². The lowest BCUT2D eigenvalue weighted by Gasteiger charge is -2.20. The molecule has 0 unspecified atom stereocenters. The number of primary amides is 1. The zero-order valence-electron chi connectivity index (χ0n) is 18.9. The van der Waals surface area contributed by atoms with Gasteiger partial charge in [-0.2, -0.15) is 18.3 Å². The Labute approximate surface area is 202 Å². The summed E-state index contributed by atoms with van der Waals surface area (Å²) in [5.41, 5.74) is 11.6. The topological polar surface area (TPSA) is 153 Å². The van der Waals surface area contributed by atoms with Crippen molar-refractivity contribution in [2.45, 2.75) is 25.9 Å². The molecular weight excluding hydrogens is 475 g/mol. The first-order chi connectivity index (χ1) is 17.0. The van der Waals surface area contributed by atoms with Crippen LogP contribution in [0, 0.1) is 12.3 Å². The van der Waals surface area contributed by atoms with Crippen LogP contribution in [-0.4, -0.2) is 38.2 Å². The van der Waals surface area contributed by atoms with Crippen LogP contribution < -0.4 is 16.8 Å². The molecule has 0 aliphatic heterocycles. The molecule has 0 spiro atoms. The number of anilines is 2. The number of aromatic amines is 1. The van der Waals surface area contributed by atoms with E-state index in [4.69, 9.17) is 11.5 Å². The molecule has 184 valence electrons. The summed E-state index contributed by atoms with van der Waals surface area (Å²) in [6.07, 6.45) is -3.65. The fourth-order valence-electron chi connectivity index (χ4n) is 4.20. The molecule has 2 heterocycles. The van der Waals surface area contributed by atoms with E-state index in [0.717, 1.165) is 5.56 Å². The van der Waals surface area contributed by atoms with Crippen molar-refractivity contribution < 1.29 is 22.8 Å². The fourth-order valence-corrected chi connectivity index (χ4v) is 4.20. The van der Waals surface area contributed by atoms with Crippen molar-refractivity contribution in [1.29, 1.82) is 0 Å². The van der Waals surface area contributed by atoms with Crippen molar-refractivity contribution in [1.82, 2.24) is 20.2 Å². The van der Waals surface area contributed by atoms with Gasteiger partial charge in [-0.05, 0) is 43.5 Å². The van der Waals surface area contributed by atoms with Crippen LogP contribution in [0.4, 0.5) is 24.5 Å². The molecule has 2 aromatic heterocycles. The smallest absolute Gasteiger partial charge is 0.395 e. The van der Waals surface area contributed by atoms with E-state index >= 15 is 0 Å². The molecule has 12 heteroatoms. The number of nitrogens with two attached hydrogens (primary N) is 2. The third kappa shape index (κ3) is 3.61. The lowest BCUT2D eigenvalue weighted by molar-refractivity contribution is -0.189. The van der Waals surface area contributed by atoms with Crippen molar-refractivity contribution in [2.24, 2.45) is 11.1 Å². The number of nitrogens with one attached hydrogen (secondary N) is 2. The number of carbonyl (C=O) groups excluding carboxylic acids is 2. The molecule has 2 amide bonds. The molecule has 1 fully saturated rings. The summed E-state index contributed by atoms with van der Waals surface area (Å²) >= 11 is 0. The molecule has 1 saturated carbocycles. The highest BCUT2D eigenvalue weighted by Gasteiger charge is 2.68. The quantitative estimate of drug-likeness (QED) is 0.329. The van der Waals surface area contributed by atoms with Gasteiger partial charge in [0.1, 0.15) is 5.41 Å². The number of nitrogen functional groups attached to an aromatic ring is 1. The van der Waals surface area contributed by atoms with Crippen molar-refractivity contribution in [3.05, 3.63) is 53.9 Å². The molecule has 0 bridgehead atoms. The normalized spacial score (nSPS) is 14.6. The third-order valence-electron chi connectivity index (χ3n) is 6.39. The zero-order chi connectivity index (χ0) is 25.8. The minimum absolute atomic E-state index is 0.0411. The maximum absolute atomic E-state index is 13.5. The van der Waals surface area contributed by atoms with Gasteiger partial charge in [0, 0.05) is 16.5 Å². The molecule has 36 heavy (non-hydrogen) atoms. The number of aromatic nitrogens is 4. The highest BCUT2D eigenvalue weighted by Crippen LogP contribution is 2.58. The second-order valence-electron chi connectivity index (χ2n) is 8.69. The molecule has 1 aliphatic carbocycles. The van der Waals surface area contributed by atoms with Crippen LogP contribution in [0.3, 0.4) is 0 Å². The second-order valence-corrected chi connectivity index (χ2v) is 8.69. The van der Waals surface area contributed by atoms with Crippen molar-refractivity contribution in [3.8, 4) is 22.6 Å². The van der Waals surface area contributed by atoms with Crippen LogP contribution >= 0.6 is 0 Å². The summed E-state index contributed by atoms with van der Waals surface area (Å²) in [5, 5.41) is 9.97. The first-order valence-electron chi connectivity index (χ1n) is 10.9. The van der Waals surface area contributed by atoms with Crippen molar-refractivity contribution >= 4 is 34.1 Å². The number of para-hydroxylation sites is 1. The number of aryl methyl sites for hydroxylation is 1. The molecule has 6 N–H and O–H groups in total. The summed E-state index contributed by atoms with van der Waals surface area (Å²) in [7, 11) is 0. The number of hydrogen-bond acceptors (Lipinski definition) is 6. The van der Waals surface area contributed by atoms with E-state index in [-0.39, 0.29) is 47.0 Å². The van der Waals surface area contributed by atoms with E-state index < -0.39 is 23.4 Å². The Bertz CT molecular complexity index is 1540. The molecule has 5 rings (SSSR count). The van der Waals surface area contributed by atoms with E-state index in [0.29, 0.717) is 16.5 Å². The minimum Gasteiger partial charge on any atom is -0.395 e. The van der Waals surface area contributed by atoms with Crippen molar-refractivity contribution in [3.63, 3.8) is 0 Å². The number of alkyl halides is 3. The molecule has 0 saturated heterocycles. The SMILES string of the molecule is Cc1ccc2[nH]ncc2c1-c1nc(-c2ccccc2NC(=O)C2(C(F)(F)F)CC2)nc(C(N)=O)c1N. The largest absolute Gasteiger partial charge is 0.403 e. The van der Waals surface area contributed by atoms with Crippen LogP contribution in [0.15, 0.2) is 42.6 Å². The molecule has 1 aliphatic rings. The first kappa shape index (κ1) is 23.3. The van der Waals surface area contributed by atoms with E-state index in [9.17, 15) is 22.8 Å². The molecule has 9 nitrogen and oxygen atoms in total. The van der Waals surface area contributed by atoms with E-state index in [1.54, 1.807) is 18.3 Å². The molecule has 2 aromatic carbocycles. The van der Waals surface area contributed by atoms with Crippen LogP contribution in [-0.2, 0) is 4.79 Å². The number of amides is 2. The third-order valence-corrected chi connectivity index (χ3v) is 6.39. The zero-order valence-corrected chi connectivity index (χ0v) is 18.9. The predicted octanol–water partition coefficient (Wildman–Crippen LogP) is 3.96. The van der Waals surface area contributed by atoms with Gasteiger partial charge in [0.25, 0.3) is 5.91 Å². The average Bonchev–Trinajstić information content (AvgIpc) is 3.53. The van der Waals surface area contributed by atoms with Gasteiger partial charge in [-0.25, -0.2) is 9.97 Å². The highest BCUT2D eigenvalue weighted by molar-refractivity contribution is 6.05. The van der Waals surface area contributed by atoms with Gasteiger partial charge in [-0.3, -0.25) is 14.7 Å². The number of halogens is 3. The van der Waals surface area contributed by atoms with Gasteiger partial charge >= 0.3 is 6.18 Å². The van der Waals surface area contributed by atoms with Gasteiger partial charge < -0.3 is 16.8 Å². The van der Waals surface area contributed by atoms with Crippen molar-refractivity contribution in [2.75, 3.05) is 11.1 Å². The summed E-state index contributed by atoms with van der Waals surface area (Å²) in [6, 6.07) is 9.76. The first-order valence-corrected chi connectivity index (χ1v) is 10.9. The Morgan fingerprint density at radius 2 is 1.83 bits per heavy atom. The van der Waals surface area contributed by atoms with Crippen LogP contribution in [0.1, 0.15) is 28.9 Å². The Morgan fingerprint density at radius 1 is 1.11 bits per heavy atom. The van der Waals surface area contributed by atoms with Gasteiger partial charge in [0.05, 0.1) is 28.8 Å². The Balaban J connectivity index is 1.67. The van der Waals surface area contributed by atoms with Crippen LogP contribution in [0.5, 0.6) is 0 Å². The maximum Gasteiger partial charge on any atom is 0.403 e. The number of rotatable bonds is 5. The monoisotopic (exact) mass is 495 g/mol. The summed E-state index contributed by atoms with van der Waals surface area (Å²) in [6.45, 7) is 1.83. The fraction of sp³-hybridized carbons (Fsp3) is 0.208. The van der Waals surface area contributed by atoms with E-state index in [1.165, 1.54) is 12.1 Å². The molecule has 0 radical (unpaired) electrons. The molecular formula is C24H20F3N7O2. The maximum atomic E-state index is 13.5. The number of benzene rings is 2. The predicted molar refractivity (Wildman–Crippen MR) is 127 cm³/mol. The number of H-pyrrole nitrogens is 1. The number of fused-ring (bicyclic) bond motifs is 1. The number of nitrogens with zero attached hydrogens (tertiary/aromatic N) is 3. The van der Waals surface area contributed by atoms with E-state index in [2.05, 4.69) is 25.5 Å². The van der Waals surface area contributed by atoms with Crippen LogP contribution in [0.2, 0.25) is 0 Å². The van der Waals surface area contributed by atoms with E-state index in [1.807, 2.05) is 19.1 Å². The van der Waals surface area contributed by atoms with Gasteiger partial charge in [-0.15, -0.1) is 0 Å². The molecule has 4 aromatic rings. The minimum atomic E-state index is -4.67. The summed E-state index contributed by atoms with van der Waals surface area (Å²) < 4.78 is 40.4. The Morgan fingerprint density at radius 3 is 2.50 bits per heavy atom. The number of hydrogen-bond donors (Lipinski definition) is 4. The Kier molecular flexibility index (Phi) is 5.20. The lowest BCUT2D eigenvalue weighted by Crippen LogP contribution is -2.37.